The summed E-state index contributed by atoms with van der Waals surface area (Å²) in [6.45, 7) is 5.53. The van der Waals surface area contributed by atoms with E-state index in [9.17, 15) is 13.2 Å². The third kappa shape index (κ3) is 7.85. The molecular formula is C18H26F3N7. The number of aliphatic imine (C=N–C) groups is 1. The van der Waals surface area contributed by atoms with Gasteiger partial charge in [0.1, 0.15) is 5.82 Å². The molecule has 0 saturated heterocycles. The molecule has 0 atom stereocenters. The molecule has 2 aromatic heterocycles. The first kappa shape index (κ1) is 21.5. The van der Waals surface area contributed by atoms with Crippen molar-refractivity contribution in [3.63, 3.8) is 0 Å². The SMILES string of the molecule is CCNC(=NCCCn1cccn1)NCCCNc1ccc(C(F)(F)F)cn1. The minimum Gasteiger partial charge on any atom is -0.370 e. The average Bonchev–Trinajstić information content (AvgIpc) is 3.18. The van der Waals surface area contributed by atoms with E-state index >= 15 is 0 Å². The Labute approximate surface area is 162 Å². The molecule has 2 aromatic rings. The van der Waals surface area contributed by atoms with Crippen LogP contribution in [0.15, 0.2) is 41.8 Å². The molecule has 0 aliphatic carbocycles. The molecule has 28 heavy (non-hydrogen) atoms. The van der Waals surface area contributed by atoms with Gasteiger partial charge in [0.15, 0.2) is 5.96 Å². The molecule has 0 saturated carbocycles. The van der Waals surface area contributed by atoms with Crippen LogP contribution < -0.4 is 16.0 Å². The zero-order valence-electron chi connectivity index (χ0n) is 15.8. The largest absolute Gasteiger partial charge is 0.417 e. The van der Waals surface area contributed by atoms with E-state index in [1.807, 2.05) is 23.9 Å². The van der Waals surface area contributed by atoms with E-state index in [2.05, 4.69) is 31.0 Å². The van der Waals surface area contributed by atoms with Gasteiger partial charge in [-0.1, -0.05) is 0 Å². The molecular weight excluding hydrogens is 371 g/mol. The van der Waals surface area contributed by atoms with Crippen LogP contribution in [0.3, 0.4) is 0 Å². The van der Waals surface area contributed by atoms with Crippen LogP contribution in [0.5, 0.6) is 0 Å². The van der Waals surface area contributed by atoms with Crippen LogP contribution in [0.25, 0.3) is 0 Å². The lowest BCUT2D eigenvalue weighted by Crippen LogP contribution is -2.38. The second-order valence-electron chi connectivity index (χ2n) is 6.02. The van der Waals surface area contributed by atoms with Crippen molar-refractivity contribution >= 4 is 11.8 Å². The third-order valence-electron chi connectivity index (χ3n) is 3.76. The van der Waals surface area contributed by atoms with Crippen molar-refractivity contribution in [1.29, 1.82) is 0 Å². The highest BCUT2D eigenvalue weighted by Crippen LogP contribution is 2.28. The van der Waals surface area contributed by atoms with Gasteiger partial charge < -0.3 is 16.0 Å². The minimum atomic E-state index is -4.37. The summed E-state index contributed by atoms with van der Waals surface area (Å²) in [6.07, 6.45) is 1.80. The van der Waals surface area contributed by atoms with Crippen LogP contribution in [0, 0.1) is 0 Å². The molecule has 0 aliphatic heterocycles. The highest BCUT2D eigenvalue weighted by atomic mass is 19.4. The van der Waals surface area contributed by atoms with Crippen molar-refractivity contribution in [2.24, 2.45) is 4.99 Å². The Morgan fingerprint density at radius 1 is 1.18 bits per heavy atom. The highest BCUT2D eigenvalue weighted by molar-refractivity contribution is 5.79. The maximum atomic E-state index is 12.5. The fourth-order valence-corrected chi connectivity index (χ4v) is 2.38. The first-order valence-corrected chi connectivity index (χ1v) is 9.26. The summed E-state index contributed by atoms with van der Waals surface area (Å²) >= 11 is 0. The van der Waals surface area contributed by atoms with Gasteiger partial charge in [-0.15, -0.1) is 0 Å². The summed E-state index contributed by atoms with van der Waals surface area (Å²) in [5, 5.41) is 13.6. The van der Waals surface area contributed by atoms with Crippen molar-refractivity contribution in [2.75, 3.05) is 31.5 Å². The molecule has 0 amide bonds. The molecule has 0 bridgehead atoms. The zero-order chi connectivity index (χ0) is 20.2. The van der Waals surface area contributed by atoms with E-state index < -0.39 is 11.7 Å². The number of guanidine groups is 1. The minimum absolute atomic E-state index is 0.423. The Bertz CT molecular complexity index is 697. The van der Waals surface area contributed by atoms with E-state index in [1.165, 1.54) is 6.07 Å². The van der Waals surface area contributed by atoms with Gasteiger partial charge in [-0.05, 0) is 38.0 Å². The predicted octanol–water partition coefficient (Wildman–Crippen LogP) is 2.74. The summed E-state index contributed by atoms with van der Waals surface area (Å²) in [6, 6.07) is 4.25. The van der Waals surface area contributed by atoms with E-state index in [4.69, 9.17) is 0 Å². The number of halogens is 3. The lowest BCUT2D eigenvalue weighted by Gasteiger charge is -2.12. The summed E-state index contributed by atoms with van der Waals surface area (Å²) in [4.78, 5) is 8.30. The van der Waals surface area contributed by atoms with Gasteiger partial charge in [0, 0.05) is 51.3 Å². The summed E-state index contributed by atoms with van der Waals surface area (Å²) in [5.41, 5.74) is -0.751. The van der Waals surface area contributed by atoms with Gasteiger partial charge in [-0.2, -0.15) is 18.3 Å². The predicted molar refractivity (Wildman–Crippen MR) is 103 cm³/mol. The molecule has 0 aromatic carbocycles. The van der Waals surface area contributed by atoms with Crippen LogP contribution in [-0.4, -0.2) is 46.9 Å². The highest BCUT2D eigenvalue weighted by Gasteiger charge is 2.30. The Kier molecular flexibility index (Phi) is 8.57. The van der Waals surface area contributed by atoms with Crippen molar-refractivity contribution in [3.05, 3.63) is 42.4 Å². The number of hydrogen-bond acceptors (Lipinski definition) is 4. The number of aryl methyl sites for hydroxylation is 1. The molecule has 0 spiro atoms. The molecule has 0 aliphatic rings. The fraction of sp³-hybridized carbons (Fsp3) is 0.500. The summed E-state index contributed by atoms with van der Waals surface area (Å²) < 4.78 is 39.4. The number of rotatable bonds is 10. The van der Waals surface area contributed by atoms with Gasteiger partial charge in [0.2, 0.25) is 0 Å². The van der Waals surface area contributed by atoms with Crippen molar-refractivity contribution in [2.45, 2.75) is 32.5 Å². The quantitative estimate of drug-likeness (QED) is 0.326. The second kappa shape index (κ2) is 11.2. The third-order valence-corrected chi connectivity index (χ3v) is 3.76. The number of aromatic nitrogens is 3. The fourth-order valence-electron chi connectivity index (χ4n) is 2.38. The first-order valence-electron chi connectivity index (χ1n) is 9.26. The van der Waals surface area contributed by atoms with Crippen molar-refractivity contribution in [1.82, 2.24) is 25.4 Å². The number of pyridine rings is 1. The average molecular weight is 397 g/mol. The van der Waals surface area contributed by atoms with Crippen LogP contribution in [0.2, 0.25) is 0 Å². The lowest BCUT2D eigenvalue weighted by molar-refractivity contribution is -0.137. The van der Waals surface area contributed by atoms with Gasteiger partial charge >= 0.3 is 6.18 Å². The Balaban J connectivity index is 1.64. The second-order valence-corrected chi connectivity index (χ2v) is 6.02. The molecule has 0 unspecified atom stereocenters. The molecule has 10 heteroatoms. The van der Waals surface area contributed by atoms with Crippen molar-refractivity contribution in [3.8, 4) is 0 Å². The monoisotopic (exact) mass is 397 g/mol. The van der Waals surface area contributed by atoms with E-state index in [1.54, 1.807) is 6.20 Å². The van der Waals surface area contributed by atoms with Gasteiger partial charge in [0.25, 0.3) is 0 Å². The molecule has 7 nitrogen and oxygen atoms in total. The Hall–Kier alpha value is -2.78. The zero-order valence-corrected chi connectivity index (χ0v) is 15.8. The maximum absolute atomic E-state index is 12.5. The Morgan fingerprint density at radius 2 is 2.04 bits per heavy atom. The summed E-state index contributed by atoms with van der Waals surface area (Å²) in [7, 11) is 0. The number of hydrogen-bond donors (Lipinski definition) is 3. The van der Waals surface area contributed by atoms with Crippen LogP contribution in [-0.2, 0) is 12.7 Å². The van der Waals surface area contributed by atoms with Crippen LogP contribution in [0.4, 0.5) is 19.0 Å². The summed E-state index contributed by atoms with van der Waals surface area (Å²) in [5.74, 6) is 1.17. The first-order chi connectivity index (χ1) is 13.5. The van der Waals surface area contributed by atoms with E-state index in [0.717, 1.165) is 44.2 Å². The van der Waals surface area contributed by atoms with E-state index in [-0.39, 0.29) is 0 Å². The van der Waals surface area contributed by atoms with Gasteiger partial charge in [-0.25, -0.2) is 4.98 Å². The molecule has 154 valence electrons. The number of nitrogens with zero attached hydrogens (tertiary/aromatic N) is 4. The van der Waals surface area contributed by atoms with Gasteiger partial charge in [-0.3, -0.25) is 9.67 Å². The van der Waals surface area contributed by atoms with Gasteiger partial charge in [0.05, 0.1) is 5.56 Å². The maximum Gasteiger partial charge on any atom is 0.417 e. The molecule has 2 rings (SSSR count). The molecule has 3 N–H and O–H groups in total. The Morgan fingerprint density at radius 3 is 2.68 bits per heavy atom. The molecule has 0 fully saturated rings. The topological polar surface area (TPSA) is 79.2 Å². The number of anilines is 1. The van der Waals surface area contributed by atoms with Crippen LogP contribution in [0.1, 0.15) is 25.3 Å². The van der Waals surface area contributed by atoms with Crippen molar-refractivity contribution < 1.29 is 13.2 Å². The smallest absolute Gasteiger partial charge is 0.370 e. The molecule has 0 radical (unpaired) electrons. The normalized spacial score (nSPS) is 12.1. The number of alkyl halides is 3. The van der Waals surface area contributed by atoms with E-state index in [0.29, 0.717) is 25.5 Å². The lowest BCUT2D eigenvalue weighted by atomic mass is 10.3. The molecule has 2 heterocycles. The van der Waals surface area contributed by atoms with Crippen LogP contribution >= 0.6 is 0 Å². The standard InChI is InChI=1S/C18H26F3N7/c1-2-22-17(25-10-4-12-28-13-5-11-27-28)24-9-3-8-23-16-7-6-15(14-26-16)18(19,20)21/h5-7,11,13-14H,2-4,8-10,12H2,1H3,(H,23,26)(H2,22,24,25). The number of nitrogens with one attached hydrogen (secondary N) is 3.